The van der Waals surface area contributed by atoms with Gasteiger partial charge in [0.1, 0.15) is 11.9 Å². The van der Waals surface area contributed by atoms with E-state index in [-0.39, 0.29) is 37.7 Å². The molecule has 0 radical (unpaired) electrons. The largest absolute Gasteiger partial charge is 0.357 e. The first kappa shape index (κ1) is 26.6. The van der Waals surface area contributed by atoms with Gasteiger partial charge in [0.25, 0.3) is 0 Å². The summed E-state index contributed by atoms with van der Waals surface area (Å²) >= 11 is 6.27. The quantitative estimate of drug-likeness (QED) is 0.514. The van der Waals surface area contributed by atoms with Crippen molar-refractivity contribution in [3.05, 3.63) is 64.9 Å². The highest BCUT2D eigenvalue weighted by Gasteiger charge is 2.28. The summed E-state index contributed by atoms with van der Waals surface area (Å²) in [5.74, 6) is -1.06. The molecular weight excluding hydrogens is 469 g/mol. The van der Waals surface area contributed by atoms with E-state index in [0.717, 1.165) is 10.6 Å². The molecule has 2 aromatic rings. The van der Waals surface area contributed by atoms with E-state index >= 15 is 0 Å². The van der Waals surface area contributed by atoms with Gasteiger partial charge in [-0.05, 0) is 48.7 Å². The summed E-state index contributed by atoms with van der Waals surface area (Å²) in [4.78, 5) is 27.1. The van der Waals surface area contributed by atoms with Crippen LogP contribution in [0.25, 0.3) is 0 Å². The summed E-state index contributed by atoms with van der Waals surface area (Å²) < 4.78 is 38.9. The second-order valence-corrected chi connectivity index (χ2v) is 9.88. The number of anilines is 1. The maximum Gasteiger partial charge on any atom is 0.242 e. The van der Waals surface area contributed by atoms with Crippen molar-refractivity contribution in [2.75, 3.05) is 24.2 Å². The highest BCUT2D eigenvalue weighted by molar-refractivity contribution is 7.92. The Hall–Kier alpha value is -2.65. The first-order valence-electron chi connectivity index (χ1n) is 10.6. The fraction of sp³-hybridized carbons (Fsp3) is 0.391. The minimum Gasteiger partial charge on any atom is -0.357 e. The van der Waals surface area contributed by atoms with Gasteiger partial charge in [-0.2, -0.15) is 0 Å². The molecule has 0 aliphatic heterocycles. The summed E-state index contributed by atoms with van der Waals surface area (Å²) in [5, 5.41) is 3.08. The van der Waals surface area contributed by atoms with Crippen LogP contribution < -0.4 is 9.62 Å². The molecule has 33 heavy (non-hydrogen) atoms. The number of hydrogen-bond donors (Lipinski definition) is 1. The van der Waals surface area contributed by atoms with Crippen LogP contribution in [-0.4, -0.2) is 51.0 Å². The van der Waals surface area contributed by atoms with Crippen molar-refractivity contribution < 1.29 is 22.4 Å². The summed E-state index contributed by atoms with van der Waals surface area (Å²) in [6, 6.07) is 11.5. The number of rotatable bonds is 11. The molecular formula is C23H29ClFN3O4S. The van der Waals surface area contributed by atoms with Gasteiger partial charge in [-0.25, -0.2) is 12.8 Å². The molecule has 2 rings (SSSR count). The Balaban J connectivity index is 2.19. The van der Waals surface area contributed by atoms with Crippen molar-refractivity contribution in [1.82, 2.24) is 10.2 Å². The van der Waals surface area contributed by atoms with Crippen LogP contribution >= 0.6 is 11.6 Å². The zero-order valence-electron chi connectivity index (χ0n) is 18.9. The lowest BCUT2D eigenvalue weighted by Gasteiger charge is -2.31. The van der Waals surface area contributed by atoms with Gasteiger partial charge >= 0.3 is 0 Å². The number of benzene rings is 2. The number of carbonyl (C=O) groups is 2. The molecule has 7 nitrogen and oxygen atoms in total. The second-order valence-electron chi connectivity index (χ2n) is 7.57. The third-order valence-electron chi connectivity index (χ3n) is 5.20. The maximum atomic E-state index is 13.2. The van der Waals surface area contributed by atoms with Crippen molar-refractivity contribution in [3.63, 3.8) is 0 Å². The van der Waals surface area contributed by atoms with E-state index in [0.29, 0.717) is 22.7 Å². The summed E-state index contributed by atoms with van der Waals surface area (Å²) in [6.45, 7) is 2.00. The van der Waals surface area contributed by atoms with Crippen LogP contribution in [0.2, 0.25) is 5.02 Å². The Kier molecular flexibility index (Phi) is 9.67. The van der Waals surface area contributed by atoms with E-state index in [1.807, 2.05) is 6.92 Å². The molecule has 2 amide bonds. The van der Waals surface area contributed by atoms with E-state index in [2.05, 4.69) is 5.32 Å². The fourth-order valence-electron chi connectivity index (χ4n) is 3.51. The number of nitrogens with one attached hydrogen (secondary N) is 1. The summed E-state index contributed by atoms with van der Waals surface area (Å²) in [7, 11) is -2.13. The van der Waals surface area contributed by atoms with Gasteiger partial charge in [-0.3, -0.25) is 13.9 Å². The van der Waals surface area contributed by atoms with Crippen molar-refractivity contribution >= 4 is 39.1 Å². The van der Waals surface area contributed by atoms with Crippen LogP contribution in [0.1, 0.15) is 31.7 Å². The van der Waals surface area contributed by atoms with Gasteiger partial charge in [-0.1, -0.05) is 36.7 Å². The lowest BCUT2D eigenvalue weighted by atomic mass is 10.1. The number of hydrogen-bond acceptors (Lipinski definition) is 4. The molecule has 0 aromatic heterocycles. The molecule has 0 bridgehead atoms. The van der Waals surface area contributed by atoms with Crippen LogP contribution in [0.3, 0.4) is 0 Å². The minimum atomic E-state index is -3.64. The molecule has 1 N–H and O–H groups in total. The lowest BCUT2D eigenvalue weighted by Crippen LogP contribution is -2.48. The summed E-state index contributed by atoms with van der Waals surface area (Å²) in [6.07, 6.45) is 1.69. The monoisotopic (exact) mass is 497 g/mol. The number of halogens is 2. The zero-order valence-corrected chi connectivity index (χ0v) is 20.5. The van der Waals surface area contributed by atoms with Gasteiger partial charge in [-0.15, -0.1) is 0 Å². The molecule has 0 aliphatic rings. The lowest BCUT2D eigenvalue weighted by molar-refractivity contribution is -0.141. The maximum absolute atomic E-state index is 13.2. The van der Waals surface area contributed by atoms with Crippen molar-refractivity contribution in [1.29, 1.82) is 0 Å². The molecule has 1 atom stereocenters. The Morgan fingerprint density at radius 1 is 1.12 bits per heavy atom. The van der Waals surface area contributed by atoms with Gasteiger partial charge in [0, 0.05) is 31.6 Å². The second kappa shape index (κ2) is 12.0. The van der Waals surface area contributed by atoms with E-state index in [1.54, 1.807) is 24.3 Å². The first-order valence-corrected chi connectivity index (χ1v) is 12.8. The van der Waals surface area contributed by atoms with Crippen LogP contribution in [0.4, 0.5) is 10.1 Å². The predicted octanol–water partition coefficient (Wildman–Crippen LogP) is 3.58. The molecule has 0 fully saturated rings. The Morgan fingerprint density at radius 2 is 1.76 bits per heavy atom. The van der Waals surface area contributed by atoms with Crippen molar-refractivity contribution in [2.45, 2.75) is 38.8 Å². The molecule has 0 heterocycles. The average Bonchev–Trinajstić information content (AvgIpc) is 2.77. The van der Waals surface area contributed by atoms with Crippen LogP contribution in [-0.2, 0) is 26.2 Å². The summed E-state index contributed by atoms with van der Waals surface area (Å²) in [5.41, 5.74) is 1.02. The van der Waals surface area contributed by atoms with Crippen LogP contribution in [0.5, 0.6) is 0 Å². The van der Waals surface area contributed by atoms with Gasteiger partial charge < -0.3 is 10.2 Å². The third kappa shape index (κ3) is 7.43. The Labute approximate surface area is 199 Å². The smallest absolute Gasteiger partial charge is 0.242 e. The predicted molar refractivity (Wildman–Crippen MR) is 128 cm³/mol. The SMILES string of the molecule is CC[C@@H](C(=O)NC)N(Cc1ccccc1Cl)C(=O)CCCN(c1ccc(F)cc1)S(C)(=O)=O. The molecule has 180 valence electrons. The molecule has 0 spiro atoms. The first-order chi connectivity index (χ1) is 15.6. The third-order valence-corrected chi connectivity index (χ3v) is 6.76. The fourth-order valence-corrected chi connectivity index (χ4v) is 4.67. The van der Waals surface area contributed by atoms with Gasteiger partial charge in [0.15, 0.2) is 0 Å². The number of likely N-dealkylation sites (N-methyl/N-ethyl adjacent to an activating group) is 1. The zero-order chi connectivity index (χ0) is 24.6. The molecule has 0 unspecified atom stereocenters. The molecule has 2 aromatic carbocycles. The van der Waals surface area contributed by atoms with Gasteiger partial charge in [0.2, 0.25) is 21.8 Å². The van der Waals surface area contributed by atoms with Gasteiger partial charge in [0.05, 0.1) is 11.9 Å². The Bertz CT molecular complexity index is 1060. The van der Waals surface area contributed by atoms with E-state index in [1.165, 1.54) is 36.2 Å². The number of sulfonamides is 1. The average molecular weight is 498 g/mol. The normalized spacial score (nSPS) is 12.2. The number of carbonyl (C=O) groups excluding carboxylic acids is 2. The number of nitrogens with zero attached hydrogens (tertiary/aromatic N) is 2. The minimum absolute atomic E-state index is 0.0190. The molecule has 0 saturated carbocycles. The molecule has 0 aliphatic carbocycles. The molecule has 0 saturated heterocycles. The van der Waals surface area contributed by atoms with Crippen LogP contribution in [0.15, 0.2) is 48.5 Å². The van der Waals surface area contributed by atoms with E-state index in [9.17, 15) is 22.4 Å². The van der Waals surface area contributed by atoms with Crippen LogP contribution in [0, 0.1) is 5.82 Å². The van der Waals surface area contributed by atoms with Crippen molar-refractivity contribution in [3.8, 4) is 0 Å². The van der Waals surface area contributed by atoms with E-state index < -0.39 is 21.9 Å². The Morgan fingerprint density at radius 3 is 2.30 bits per heavy atom. The standard InChI is InChI=1S/C23H29ClFN3O4S/c1-4-21(23(30)26-2)27(16-17-8-5-6-9-20(17)24)22(29)10-7-15-28(33(3,31)32)19-13-11-18(25)12-14-19/h5-6,8-9,11-14,21H,4,7,10,15-16H2,1-3H3,(H,26,30)/t21-/m0/s1. The topological polar surface area (TPSA) is 86.8 Å². The van der Waals surface area contributed by atoms with Crippen molar-refractivity contribution in [2.24, 2.45) is 0 Å². The highest BCUT2D eigenvalue weighted by Crippen LogP contribution is 2.22. The molecule has 10 heteroatoms. The highest BCUT2D eigenvalue weighted by atomic mass is 35.5. The number of amides is 2. The van der Waals surface area contributed by atoms with E-state index in [4.69, 9.17) is 11.6 Å².